The van der Waals surface area contributed by atoms with E-state index >= 15 is 0 Å². The Balaban J connectivity index is 2.02. The van der Waals surface area contributed by atoms with Gasteiger partial charge in [-0.1, -0.05) is 12.1 Å². The summed E-state index contributed by atoms with van der Waals surface area (Å²) in [5.41, 5.74) is 2.77. The molecule has 3 nitrogen and oxygen atoms in total. The van der Waals surface area contributed by atoms with Gasteiger partial charge in [-0.25, -0.2) is 4.79 Å². The Labute approximate surface area is 117 Å². The Morgan fingerprint density at radius 2 is 2.00 bits per heavy atom. The predicted octanol–water partition coefficient (Wildman–Crippen LogP) is 3.64. The van der Waals surface area contributed by atoms with Crippen LogP contribution in [0.1, 0.15) is 34.5 Å². The largest absolute Gasteiger partial charge is 0.478 e. The summed E-state index contributed by atoms with van der Waals surface area (Å²) in [6.45, 7) is 2.98. The van der Waals surface area contributed by atoms with Crippen molar-refractivity contribution in [2.75, 3.05) is 7.05 Å². The standard InChI is InChI=1S/C15H17NO2S/c1-11(14-7-8-19-10-14)16(2)9-12-3-5-13(6-4-12)15(17)18/h3-8,10-11H,9H2,1-2H3,(H,17,18). The topological polar surface area (TPSA) is 40.5 Å². The van der Waals surface area contributed by atoms with Crippen LogP contribution in [0.2, 0.25) is 0 Å². The summed E-state index contributed by atoms with van der Waals surface area (Å²) >= 11 is 1.70. The van der Waals surface area contributed by atoms with Crippen LogP contribution in [0.4, 0.5) is 0 Å². The van der Waals surface area contributed by atoms with Crippen LogP contribution in [-0.4, -0.2) is 23.0 Å². The van der Waals surface area contributed by atoms with E-state index in [-0.39, 0.29) is 0 Å². The maximum absolute atomic E-state index is 10.8. The number of nitrogens with zero attached hydrogens (tertiary/aromatic N) is 1. The van der Waals surface area contributed by atoms with E-state index in [4.69, 9.17) is 5.11 Å². The maximum Gasteiger partial charge on any atom is 0.335 e. The van der Waals surface area contributed by atoms with E-state index in [9.17, 15) is 4.79 Å². The second-order valence-corrected chi connectivity index (χ2v) is 5.43. The molecule has 1 aromatic heterocycles. The zero-order valence-electron chi connectivity index (χ0n) is 11.0. The third-order valence-electron chi connectivity index (χ3n) is 3.32. The number of thiophene rings is 1. The molecule has 0 aliphatic carbocycles. The van der Waals surface area contributed by atoms with Gasteiger partial charge in [0.15, 0.2) is 0 Å². The summed E-state index contributed by atoms with van der Waals surface area (Å²) in [4.78, 5) is 13.0. The fourth-order valence-corrected chi connectivity index (χ4v) is 2.69. The smallest absolute Gasteiger partial charge is 0.335 e. The highest BCUT2D eigenvalue weighted by atomic mass is 32.1. The SMILES string of the molecule is CC(c1ccsc1)N(C)Cc1ccc(C(=O)O)cc1. The Bertz CT molecular complexity index is 534. The predicted molar refractivity (Wildman–Crippen MR) is 77.6 cm³/mol. The van der Waals surface area contributed by atoms with Gasteiger partial charge in [0, 0.05) is 12.6 Å². The van der Waals surface area contributed by atoms with Crippen molar-refractivity contribution in [3.8, 4) is 0 Å². The van der Waals surface area contributed by atoms with Gasteiger partial charge in [0.2, 0.25) is 0 Å². The van der Waals surface area contributed by atoms with Crippen molar-refractivity contribution in [1.29, 1.82) is 0 Å². The van der Waals surface area contributed by atoms with E-state index in [0.29, 0.717) is 11.6 Å². The lowest BCUT2D eigenvalue weighted by Crippen LogP contribution is -2.21. The Morgan fingerprint density at radius 1 is 1.32 bits per heavy atom. The lowest BCUT2D eigenvalue weighted by molar-refractivity contribution is 0.0697. The van der Waals surface area contributed by atoms with Crippen LogP contribution < -0.4 is 0 Å². The lowest BCUT2D eigenvalue weighted by Gasteiger charge is -2.24. The summed E-state index contributed by atoms with van der Waals surface area (Å²) in [7, 11) is 2.08. The van der Waals surface area contributed by atoms with E-state index < -0.39 is 5.97 Å². The highest BCUT2D eigenvalue weighted by molar-refractivity contribution is 7.07. The van der Waals surface area contributed by atoms with Gasteiger partial charge >= 0.3 is 5.97 Å². The van der Waals surface area contributed by atoms with Crippen molar-refractivity contribution in [3.63, 3.8) is 0 Å². The van der Waals surface area contributed by atoms with E-state index in [1.54, 1.807) is 23.5 Å². The Kier molecular flexibility index (Phi) is 4.35. The highest BCUT2D eigenvalue weighted by Gasteiger charge is 2.12. The second-order valence-electron chi connectivity index (χ2n) is 4.65. The fourth-order valence-electron chi connectivity index (χ4n) is 1.94. The summed E-state index contributed by atoms with van der Waals surface area (Å²) in [5, 5.41) is 13.1. The number of benzene rings is 1. The number of carboxylic acids is 1. The molecule has 1 heterocycles. The molecule has 0 bridgehead atoms. The van der Waals surface area contributed by atoms with Crippen molar-refractivity contribution in [3.05, 3.63) is 57.8 Å². The molecule has 100 valence electrons. The van der Waals surface area contributed by atoms with Crippen LogP contribution in [0.15, 0.2) is 41.1 Å². The molecule has 1 atom stereocenters. The minimum absolute atomic E-state index is 0.331. The fraction of sp³-hybridized carbons (Fsp3) is 0.267. The molecule has 2 aromatic rings. The quantitative estimate of drug-likeness (QED) is 0.905. The maximum atomic E-state index is 10.8. The molecule has 0 radical (unpaired) electrons. The number of rotatable bonds is 5. The number of aromatic carboxylic acids is 1. The van der Waals surface area contributed by atoms with Crippen molar-refractivity contribution < 1.29 is 9.90 Å². The molecule has 2 rings (SSSR count). The summed E-state index contributed by atoms with van der Waals surface area (Å²) < 4.78 is 0. The van der Waals surface area contributed by atoms with Crippen molar-refractivity contribution in [2.45, 2.75) is 19.5 Å². The van der Waals surface area contributed by atoms with Gasteiger partial charge in [-0.2, -0.15) is 11.3 Å². The zero-order valence-corrected chi connectivity index (χ0v) is 11.9. The van der Waals surface area contributed by atoms with E-state index in [1.807, 2.05) is 12.1 Å². The van der Waals surface area contributed by atoms with E-state index in [2.05, 4.69) is 35.7 Å². The second kappa shape index (κ2) is 5.99. The van der Waals surface area contributed by atoms with Gasteiger partial charge in [-0.3, -0.25) is 4.90 Å². The average molecular weight is 275 g/mol. The normalized spacial score (nSPS) is 12.6. The van der Waals surface area contributed by atoms with Gasteiger partial charge in [0.1, 0.15) is 0 Å². The summed E-state index contributed by atoms with van der Waals surface area (Å²) in [6.07, 6.45) is 0. The molecule has 0 amide bonds. The molecule has 0 spiro atoms. The molecule has 0 saturated carbocycles. The van der Waals surface area contributed by atoms with Crippen molar-refractivity contribution >= 4 is 17.3 Å². The van der Waals surface area contributed by atoms with Crippen LogP contribution in [0.25, 0.3) is 0 Å². The Hall–Kier alpha value is -1.65. The summed E-state index contributed by atoms with van der Waals surface area (Å²) in [5.74, 6) is -0.883. The monoisotopic (exact) mass is 275 g/mol. The molecule has 1 N–H and O–H groups in total. The van der Waals surface area contributed by atoms with Gasteiger partial charge in [0.25, 0.3) is 0 Å². The van der Waals surface area contributed by atoms with Crippen LogP contribution in [0, 0.1) is 0 Å². The molecule has 19 heavy (non-hydrogen) atoms. The van der Waals surface area contributed by atoms with Gasteiger partial charge in [-0.15, -0.1) is 0 Å². The van der Waals surface area contributed by atoms with Crippen LogP contribution >= 0.6 is 11.3 Å². The van der Waals surface area contributed by atoms with E-state index in [1.165, 1.54) is 5.56 Å². The third kappa shape index (κ3) is 3.43. The van der Waals surface area contributed by atoms with Crippen molar-refractivity contribution in [2.24, 2.45) is 0 Å². The average Bonchev–Trinajstić information content (AvgIpc) is 2.92. The van der Waals surface area contributed by atoms with Crippen LogP contribution in [-0.2, 0) is 6.54 Å². The van der Waals surface area contributed by atoms with Gasteiger partial charge < -0.3 is 5.11 Å². The minimum atomic E-state index is -0.883. The van der Waals surface area contributed by atoms with Crippen LogP contribution in [0.3, 0.4) is 0 Å². The molecule has 1 unspecified atom stereocenters. The van der Waals surface area contributed by atoms with Crippen molar-refractivity contribution in [1.82, 2.24) is 4.90 Å². The number of hydrogen-bond donors (Lipinski definition) is 1. The molecule has 0 saturated heterocycles. The third-order valence-corrected chi connectivity index (χ3v) is 4.02. The first-order chi connectivity index (χ1) is 9.08. The first-order valence-electron chi connectivity index (χ1n) is 6.12. The molecule has 0 aliphatic rings. The lowest BCUT2D eigenvalue weighted by atomic mass is 10.1. The Morgan fingerprint density at radius 3 is 2.53 bits per heavy atom. The molecule has 4 heteroatoms. The molecule has 0 fully saturated rings. The number of hydrogen-bond acceptors (Lipinski definition) is 3. The number of carbonyl (C=O) groups is 1. The van der Waals surface area contributed by atoms with E-state index in [0.717, 1.165) is 12.1 Å². The van der Waals surface area contributed by atoms with Gasteiger partial charge in [0.05, 0.1) is 5.56 Å². The minimum Gasteiger partial charge on any atom is -0.478 e. The zero-order chi connectivity index (χ0) is 13.8. The molecule has 0 aliphatic heterocycles. The first kappa shape index (κ1) is 13.8. The molecule has 1 aromatic carbocycles. The van der Waals surface area contributed by atoms with Crippen LogP contribution in [0.5, 0.6) is 0 Å². The first-order valence-corrected chi connectivity index (χ1v) is 7.07. The molecular weight excluding hydrogens is 258 g/mol. The van der Waals surface area contributed by atoms with Gasteiger partial charge in [-0.05, 0) is 54.1 Å². The summed E-state index contributed by atoms with van der Waals surface area (Å²) in [6, 6.07) is 9.55. The molecular formula is C15H17NO2S. The number of carboxylic acid groups (broad SMARTS) is 1. The highest BCUT2D eigenvalue weighted by Crippen LogP contribution is 2.22.